The minimum atomic E-state index is 0.106. The van der Waals surface area contributed by atoms with Crippen LogP contribution in [0.1, 0.15) is 10.4 Å². The van der Waals surface area contributed by atoms with E-state index < -0.39 is 0 Å². The lowest BCUT2D eigenvalue weighted by Gasteiger charge is -1.97. The van der Waals surface area contributed by atoms with Gasteiger partial charge in [-0.1, -0.05) is 36.4 Å². The molecule has 0 saturated heterocycles. The van der Waals surface area contributed by atoms with Gasteiger partial charge in [-0.2, -0.15) is 4.98 Å². The fourth-order valence-electron chi connectivity index (χ4n) is 1.84. The number of hydrogen-bond donors (Lipinski definition) is 1. The lowest BCUT2D eigenvalue weighted by Crippen LogP contribution is -1.83. The first-order valence-corrected chi connectivity index (χ1v) is 6.78. The number of hydrogen-bond acceptors (Lipinski definition) is 4. The number of aromatic hydroxyl groups is 1. The summed E-state index contributed by atoms with van der Waals surface area (Å²) in [4.78, 5) is 9.30. The molecule has 3 rings (SSSR count). The summed E-state index contributed by atoms with van der Waals surface area (Å²) in [6.07, 6.45) is 2.42. The van der Waals surface area contributed by atoms with Crippen LogP contribution in [0.5, 0.6) is 5.88 Å². The molecule has 3 aromatic rings. The molecule has 94 valence electrons. The second kappa shape index (κ2) is 5.20. The first kappa shape index (κ1) is 11.9. The van der Waals surface area contributed by atoms with Crippen LogP contribution in [0.25, 0.3) is 10.7 Å². The Balaban J connectivity index is 1.90. The van der Waals surface area contributed by atoms with Crippen molar-refractivity contribution < 1.29 is 5.11 Å². The zero-order chi connectivity index (χ0) is 13.1. The van der Waals surface area contributed by atoms with E-state index in [9.17, 15) is 5.11 Å². The summed E-state index contributed by atoms with van der Waals surface area (Å²) in [6, 6.07) is 15.7. The van der Waals surface area contributed by atoms with Gasteiger partial charge in [0.1, 0.15) is 5.01 Å². The fourth-order valence-corrected chi connectivity index (χ4v) is 2.81. The second-order valence-electron chi connectivity index (χ2n) is 4.14. The zero-order valence-electron chi connectivity index (χ0n) is 10.2. The van der Waals surface area contributed by atoms with Crippen LogP contribution >= 0.6 is 11.3 Å². The summed E-state index contributed by atoms with van der Waals surface area (Å²) in [7, 11) is 0. The van der Waals surface area contributed by atoms with Crippen LogP contribution in [0.3, 0.4) is 0 Å². The maximum atomic E-state index is 9.93. The van der Waals surface area contributed by atoms with E-state index in [1.54, 1.807) is 6.20 Å². The van der Waals surface area contributed by atoms with Crippen molar-refractivity contribution in [2.75, 3.05) is 0 Å². The van der Waals surface area contributed by atoms with Crippen molar-refractivity contribution in [1.29, 1.82) is 0 Å². The molecule has 19 heavy (non-hydrogen) atoms. The Bertz CT molecular complexity index is 665. The van der Waals surface area contributed by atoms with Gasteiger partial charge in [-0.3, -0.25) is 4.98 Å². The smallest absolute Gasteiger partial charge is 0.226 e. The van der Waals surface area contributed by atoms with E-state index in [-0.39, 0.29) is 5.88 Å². The molecule has 0 aliphatic heterocycles. The van der Waals surface area contributed by atoms with Crippen molar-refractivity contribution in [2.24, 2.45) is 0 Å². The predicted molar refractivity (Wildman–Crippen MR) is 76.3 cm³/mol. The summed E-state index contributed by atoms with van der Waals surface area (Å²) < 4.78 is 0. The van der Waals surface area contributed by atoms with Gasteiger partial charge in [-0.05, 0) is 17.7 Å². The number of nitrogens with zero attached hydrogens (tertiary/aromatic N) is 2. The van der Waals surface area contributed by atoms with Gasteiger partial charge < -0.3 is 5.11 Å². The molecule has 0 spiro atoms. The molecule has 1 N–H and O–H groups in total. The predicted octanol–water partition coefficient (Wildman–Crippen LogP) is 3.50. The third-order valence-corrected chi connectivity index (χ3v) is 3.84. The third-order valence-electron chi connectivity index (χ3n) is 2.77. The molecule has 0 amide bonds. The van der Waals surface area contributed by atoms with E-state index in [4.69, 9.17) is 0 Å². The molecule has 0 saturated carbocycles. The first-order chi connectivity index (χ1) is 9.33. The highest BCUT2D eigenvalue weighted by Gasteiger charge is 2.12. The zero-order valence-corrected chi connectivity index (χ0v) is 11.0. The molecule has 4 heteroatoms. The second-order valence-corrected chi connectivity index (χ2v) is 5.23. The van der Waals surface area contributed by atoms with E-state index in [1.165, 1.54) is 11.3 Å². The van der Waals surface area contributed by atoms with Crippen LogP contribution in [0, 0.1) is 0 Å². The monoisotopic (exact) mass is 268 g/mol. The van der Waals surface area contributed by atoms with Gasteiger partial charge >= 0.3 is 0 Å². The number of pyridine rings is 1. The lowest BCUT2D eigenvalue weighted by molar-refractivity contribution is 0.452. The Kier molecular flexibility index (Phi) is 3.25. The summed E-state index contributed by atoms with van der Waals surface area (Å²) in [5.41, 5.74) is 1.95. The number of aromatic nitrogens is 2. The molecule has 0 bridgehead atoms. The van der Waals surface area contributed by atoms with Crippen LogP contribution in [-0.2, 0) is 6.42 Å². The molecular weight excluding hydrogens is 256 g/mol. The van der Waals surface area contributed by atoms with Gasteiger partial charge in [0.25, 0.3) is 0 Å². The molecule has 0 aliphatic rings. The van der Waals surface area contributed by atoms with Gasteiger partial charge in [0.05, 0.1) is 10.6 Å². The highest BCUT2D eigenvalue weighted by molar-refractivity contribution is 7.15. The molecular formula is C15H12N2OS. The van der Waals surface area contributed by atoms with E-state index >= 15 is 0 Å². The van der Waals surface area contributed by atoms with Crippen LogP contribution in [0.4, 0.5) is 0 Å². The van der Waals surface area contributed by atoms with E-state index in [1.807, 2.05) is 48.5 Å². The molecule has 1 aromatic carbocycles. The minimum absolute atomic E-state index is 0.106. The van der Waals surface area contributed by atoms with E-state index in [2.05, 4.69) is 9.97 Å². The first-order valence-electron chi connectivity index (χ1n) is 5.97. The maximum Gasteiger partial charge on any atom is 0.226 e. The summed E-state index contributed by atoms with van der Waals surface area (Å²) in [5.74, 6) is 0.106. The molecule has 0 radical (unpaired) electrons. The number of thiazole rings is 1. The Labute approximate surface area is 115 Å². The topological polar surface area (TPSA) is 46.0 Å². The van der Waals surface area contributed by atoms with Crippen LogP contribution in [0.15, 0.2) is 54.7 Å². The Morgan fingerprint density at radius 3 is 2.53 bits per heavy atom. The van der Waals surface area contributed by atoms with Gasteiger partial charge in [0.2, 0.25) is 5.88 Å². The van der Waals surface area contributed by atoms with Gasteiger partial charge in [-0.15, -0.1) is 11.3 Å². The van der Waals surface area contributed by atoms with Crippen LogP contribution in [-0.4, -0.2) is 15.1 Å². The number of benzene rings is 1. The normalized spacial score (nSPS) is 10.5. The van der Waals surface area contributed by atoms with Crippen molar-refractivity contribution in [3.63, 3.8) is 0 Å². The average Bonchev–Trinajstić information content (AvgIpc) is 2.82. The highest BCUT2D eigenvalue weighted by atomic mass is 32.1. The Morgan fingerprint density at radius 2 is 1.79 bits per heavy atom. The molecule has 3 nitrogen and oxygen atoms in total. The van der Waals surface area contributed by atoms with Gasteiger partial charge in [0, 0.05) is 12.6 Å². The van der Waals surface area contributed by atoms with Crippen molar-refractivity contribution in [2.45, 2.75) is 6.42 Å². The standard InChI is InChI=1S/C15H12N2OS/c18-14-13(10-11-6-2-1-3-7-11)19-15(17-14)12-8-4-5-9-16-12/h1-9,18H,10H2. The van der Waals surface area contributed by atoms with Crippen molar-refractivity contribution >= 4 is 11.3 Å². The quantitative estimate of drug-likeness (QED) is 0.790. The summed E-state index contributed by atoms with van der Waals surface area (Å²) >= 11 is 1.48. The van der Waals surface area contributed by atoms with Crippen molar-refractivity contribution in [1.82, 2.24) is 9.97 Å². The number of rotatable bonds is 3. The van der Waals surface area contributed by atoms with Crippen molar-refractivity contribution in [3.05, 3.63) is 65.2 Å². The highest BCUT2D eigenvalue weighted by Crippen LogP contribution is 2.32. The molecule has 0 atom stereocenters. The van der Waals surface area contributed by atoms with Gasteiger partial charge in [0.15, 0.2) is 0 Å². The fraction of sp³-hybridized carbons (Fsp3) is 0.0667. The Hall–Kier alpha value is -2.20. The molecule has 0 unspecified atom stereocenters. The minimum Gasteiger partial charge on any atom is -0.492 e. The maximum absolute atomic E-state index is 9.93. The third kappa shape index (κ3) is 2.63. The van der Waals surface area contributed by atoms with E-state index in [0.29, 0.717) is 6.42 Å². The summed E-state index contributed by atoms with van der Waals surface area (Å²) in [5, 5.41) is 10.7. The van der Waals surface area contributed by atoms with Crippen LogP contribution in [0.2, 0.25) is 0 Å². The SMILES string of the molecule is Oc1nc(-c2ccccn2)sc1Cc1ccccc1. The van der Waals surface area contributed by atoms with Crippen molar-refractivity contribution in [3.8, 4) is 16.6 Å². The lowest BCUT2D eigenvalue weighted by atomic mass is 10.1. The molecule has 0 fully saturated rings. The van der Waals surface area contributed by atoms with Gasteiger partial charge in [-0.25, -0.2) is 0 Å². The largest absolute Gasteiger partial charge is 0.492 e. The Morgan fingerprint density at radius 1 is 1.00 bits per heavy atom. The summed E-state index contributed by atoms with van der Waals surface area (Å²) in [6.45, 7) is 0. The molecule has 2 heterocycles. The van der Waals surface area contributed by atoms with E-state index in [0.717, 1.165) is 21.1 Å². The molecule has 2 aromatic heterocycles. The average molecular weight is 268 g/mol. The molecule has 0 aliphatic carbocycles. The van der Waals surface area contributed by atoms with Crippen LogP contribution < -0.4 is 0 Å².